The molecule has 1 N–H and O–H groups in total. The van der Waals surface area contributed by atoms with Gasteiger partial charge in [0.25, 0.3) is 0 Å². The Morgan fingerprint density at radius 2 is 1.68 bits per heavy atom. The first kappa shape index (κ1) is 14.2. The molecule has 6 nitrogen and oxygen atoms in total. The summed E-state index contributed by atoms with van der Waals surface area (Å²) in [7, 11) is 0. The molecule has 112 valence electrons. The summed E-state index contributed by atoms with van der Waals surface area (Å²) in [6.07, 6.45) is -0.710. The molecule has 0 fully saturated rings. The van der Waals surface area contributed by atoms with Crippen LogP contribution in [-0.4, -0.2) is 38.0 Å². The summed E-state index contributed by atoms with van der Waals surface area (Å²) in [6.45, 7) is 0.402. The fourth-order valence-electron chi connectivity index (χ4n) is 1.97. The maximum absolute atomic E-state index is 9.99. The lowest BCUT2D eigenvalue weighted by Crippen LogP contribution is -2.24. The van der Waals surface area contributed by atoms with E-state index in [9.17, 15) is 5.11 Å². The Hall–Kier alpha value is -2.73. The van der Waals surface area contributed by atoms with Crippen LogP contribution in [0.5, 0.6) is 5.75 Å². The Kier molecular flexibility index (Phi) is 4.41. The van der Waals surface area contributed by atoms with E-state index in [-0.39, 0.29) is 13.2 Å². The van der Waals surface area contributed by atoms with E-state index in [1.54, 1.807) is 0 Å². The van der Waals surface area contributed by atoms with Gasteiger partial charge in [0, 0.05) is 5.56 Å². The molecule has 0 aliphatic rings. The van der Waals surface area contributed by atoms with Gasteiger partial charge in [-0.05, 0) is 17.3 Å². The highest BCUT2D eigenvalue weighted by Crippen LogP contribution is 2.12. The van der Waals surface area contributed by atoms with Gasteiger partial charge >= 0.3 is 0 Å². The summed E-state index contributed by atoms with van der Waals surface area (Å²) < 4.78 is 5.49. The van der Waals surface area contributed by atoms with Crippen LogP contribution in [0.15, 0.2) is 60.7 Å². The summed E-state index contributed by atoms with van der Waals surface area (Å²) in [4.78, 5) is 1.38. The minimum Gasteiger partial charge on any atom is -0.491 e. The van der Waals surface area contributed by atoms with Crippen LogP contribution in [0.3, 0.4) is 0 Å². The van der Waals surface area contributed by atoms with Crippen LogP contribution < -0.4 is 4.74 Å². The van der Waals surface area contributed by atoms with Crippen LogP contribution in [0.25, 0.3) is 11.4 Å². The van der Waals surface area contributed by atoms with Crippen molar-refractivity contribution >= 4 is 0 Å². The third-order valence-electron chi connectivity index (χ3n) is 3.04. The second-order valence-electron chi connectivity index (χ2n) is 4.81. The molecule has 6 heteroatoms. The SMILES string of the molecule is O[C@H](COc1ccccc1)Cn1nnc(-c2ccccc2)n1. The van der Waals surface area contributed by atoms with E-state index in [2.05, 4.69) is 15.4 Å². The predicted molar refractivity (Wildman–Crippen MR) is 81.2 cm³/mol. The maximum atomic E-state index is 9.99. The van der Waals surface area contributed by atoms with Crippen LogP contribution in [0.2, 0.25) is 0 Å². The van der Waals surface area contributed by atoms with Gasteiger partial charge in [-0.2, -0.15) is 4.80 Å². The lowest BCUT2D eigenvalue weighted by molar-refractivity contribution is 0.0850. The summed E-state index contributed by atoms with van der Waals surface area (Å²) >= 11 is 0. The molecule has 0 spiro atoms. The highest BCUT2D eigenvalue weighted by Gasteiger charge is 2.10. The molecule has 0 saturated heterocycles. The van der Waals surface area contributed by atoms with Crippen molar-refractivity contribution in [1.82, 2.24) is 20.2 Å². The number of tetrazole rings is 1. The Balaban J connectivity index is 1.56. The fraction of sp³-hybridized carbons (Fsp3) is 0.188. The molecule has 1 aromatic heterocycles. The van der Waals surface area contributed by atoms with Crippen molar-refractivity contribution in [1.29, 1.82) is 0 Å². The first-order chi connectivity index (χ1) is 10.8. The van der Waals surface area contributed by atoms with Crippen molar-refractivity contribution in [2.45, 2.75) is 12.6 Å². The Morgan fingerprint density at radius 3 is 2.41 bits per heavy atom. The summed E-state index contributed by atoms with van der Waals surface area (Å²) in [5.74, 6) is 1.26. The molecular formula is C16H16N4O2. The van der Waals surface area contributed by atoms with Crippen LogP contribution in [0, 0.1) is 0 Å². The van der Waals surface area contributed by atoms with Gasteiger partial charge < -0.3 is 9.84 Å². The minimum atomic E-state index is -0.710. The van der Waals surface area contributed by atoms with Gasteiger partial charge in [-0.25, -0.2) is 0 Å². The normalized spacial score (nSPS) is 12.0. The lowest BCUT2D eigenvalue weighted by Gasteiger charge is -2.11. The lowest BCUT2D eigenvalue weighted by atomic mass is 10.2. The van der Waals surface area contributed by atoms with E-state index in [1.807, 2.05) is 60.7 Å². The van der Waals surface area contributed by atoms with E-state index in [4.69, 9.17) is 4.74 Å². The number of aliphatic hydroxyl groups is 1. The number of para-hydroxylation sites is 1. The van der Waals surface area contributed by atoms with Crippen molar-refractivity contribution in [2.75, 3.05) is 6.61 Å². The van der Waals surface area contributed by atoms with Gasteiger partial charge in [-0.3, -0.25) is 0 Å². The third kappa shape index (κ3) is 3.67. The number of ether oxygens (including phenoxy) is 1. The molecule has 0 unspecified atom stereocenters. The zero-order chi connectivity index (χ0) is 15.2. The largest absolute Gasteiger partial charge is 0.491 e. The van der Waals surface area contributed by atoms with Crippen molar-refractivity contribution in [3.05, 3.63) is 60.7 Å². The Labute approximate surface area is 128 Å². The fourth-order valence-corrected chi connectivity index (χ4v) is 1.97. The molecule has 0 radical (unpaired) electrons. The van der Waals surface area contributed by atoms with E-state index in [0.29, 0.717) is 5.82 Å². The van der Waals surface area contributed by atoms with E-state index < -0.39 is 6.10 Å². The summed E-state index contributed by atoms with van der Waals surface area (Å²) in [5, 5.41) is 22.2. The van der Waals surface area contributed by atoms with Gasteiger partial charge in [-0.15, -0.1) is 10.2 Å². The topological polar surface area (TPSA) is 73.1 Å². The molecule has 3 aromatic rings. The second kappa shape index (κ2) is 6.82. The van der Waals surface area contributed by atoms with Crippen LogP contribution in [0.1, 0.15) is 0 Å². The zero-order valence-corrected chi connectivity index (χ0v) is 11.9. The molecule has 0 aliphatic carbocycles. The van der Waals surface area contributed by atoms with E-state index in [0.717, 1.165) is 11.3 Å². The summed E-state index contributed by atoms with van der Waals surface area (Å²) in [5.41, 5.74) is 0.892. The number of hydrogen-bond donors (Lipinski definition) is 1. The van der Waals surface area contributed by atoms with Crippen molar-refractivity contribution in [2.24, 2.45) is 0 Å². The number of nitrogens with zero attached hydrogens (tertiary/aromatic N) is 4. The third-order valence-corrected chi connectivity index (χ3v) is 3.04. The molecule has 0 bridgehead atoms. The molecule has 2 aromatic carbocycles. The van der Waals surface area contributed by atoms with Crippen LogP contribution in [-0.2, 0) is 6.54 Å². The molecule has 0 aliphatic heterocycles. The first-order valence-electron chi connectivity index (χ1n) is 7.00. The molecule has 22 heavy (non-hydrogen) atoms. The number of aliphatic hydroxyl groups excluding tert-OH is 1. The van der Waals surface area contributed by atoms with Gasteiger partial charge in [0.1, 0.15) is 18.5 Å². The highest BCUT2D eigenvalue weighted by molar-refractivity contribution is 5.52. The average molecular weight is 296 g/mol. The van der Waals surface area contributed by atoms with E-state index >= 15 is 0 Å². The standard InChI is InChI=1S/C16H16N4O2/c21-14(12-22-15-9-5-2-6-10-15)11-20-18-16(17-19-20)13-7-3-1-4-8-13/h1-10,14,21H,11-12H2/t14-/m0/s1. The van der Waals surface area contributed by atoms with Gasteiger partial charge in [0.05, 0.1) is 6.54 Å². The molecule has 3 rings (SSSR count). The molecular weight excluding hydrogens is 280 g/mol. The van der Waals surface area contributed by atoms with Crippen LogP contribution in [0.4, 0.5) is 0 Å². The molecule has 0 amide bonds. The minimum absolute atomic E-state index is 0.173. The Bertz CT molecular complexity index is 700. The van der Waals surface area contributed by atoms with Crippen molar-refractivity contribution in [3.8, 4) is 17.1 Å². The number of rotatable bonds is 6. The zero-order valence-electron chi connectivity index (χ0n) is 11.9. The number of hydrogen-bond acceptors (Lipinski definition) is 5. The quantitative estimate of drug-likeness (QED) is 0.750. The first-order valence-corrected chi connectivity index (χ1v) is 7.00. The van der Waals surface area contributed by atoms with Crippen LogP contribution >= 0.6 is 0 Å². The second-order valence-corrected chi connectivity index (χ2v) is 4.81. The van der Waals surface area contributed by atoms with Gasteiger partial charge in [0.2, 0.25) is 5.82 Å². The van der Waals surface area contributed by atoms with E-state index in [1.165, 1.54) is 4.80 Å². The highest BCUT2D eigenvalue weighted by atomic mass is 16.5. The number of aromatic nitrogens is 4. The molecule has 0 saturated carbocycles. The monoisotopic (exact) mass is 296 g/mol. The maximum Gasteiger partial charge on any atom is 0.204 e. The van der Waals surface area contributed by atoms with Crippen molar-refractivity contribution in [3.63, 3.8) is 0 Å². The number of benzene rings is 2. The smallest absolute Gasteiger partial charge is 0.204 e. The summed E-state index contributed by atoms with van der Waals surface area (Å²) in [6, 6.07) is 18.9. The Morgan fingerprint density at radius 1 is 1.00 bits per heavy atom. The van der Waals surface area contributed by atoms with Crippen molar-refractivity contribution < 1.29 is 9.84 Å². The van der Waals surface area contributed by atoms with Gasteiger partial charge in [-0.1, -0.05) is 48.5 Å². The average Bonchev–Trinajstić information content (AvgIpc) is 3.03. The molecule has 1 atom stereocenters. The van der Waals surface area contributed by atoms with Gasteiger partial charge in [0.15, 0.2) is 0 Å². The predicted octanol–water partition coefficient (Wildman–Crippen LogP) is 1.78. The molecule has 1 heterocycles.